The van der Waals surface area contributed by atoms with Gasteiger partial charge in [-0.25, -0.2) is 0 Å². The molecule has 1 aromatic rings. The zero-order valence-electron chi connectivity index (χ0n) is 12.5. The first-order chi connectivity index (χ1) is 8.70. The minimum Gasteiger partial charge on any atom is -0.326 e. The molecule has 0 aliphatic carbocycles. The number of carbonyl (C=O) groups excluding carboxylic acids is 2. The third kappa shape index (κ3) is 4.86. The molecule has 1 amide bonds. The Balaban J connectivity index is 2.83. The number of ketones is 1. The van der Waals surface area contributed by atoms with E-state index in [1.54, 1.807) is 0 Å². The molecule has 0 atom stereocenters. The third-order valence-electron chi connectivity index (χ3n) is 3.08. The fraction of sp³-hybridized carbons (Fsp3) is 0.500. The number of amides is 1. The molecule has 0 saturated heterocycles. The van der Waals surface area contributed by atoms with Crippen molar-refractivity contribution in [2.75, 3.05) is 5.32 Å². The van der Waals surface area contributed by atoms with Crippen LogP contribution in [0.5, 0.6) is 0 Å². The molecule has 0 saturated carbocycles. The van der Waals surface area contributed by atoms with Crippen molar-refractivity contribution in [1.29, 1.82) is 0 Å². The summed E-state index contributed by atoms with van der Waals surface area (Å²) in [5.41, 5.74) is 3.09. The summed E-state index contributed by atoms with van der Waals surface area (Å²) in [5.74, 6) is -0.0697. The number of aryl methyl sites for hydroxylation is 1. The molecule has 0 aliphatic rings. The highest BCUT2D eigenvalue weighted by Gasteiger charge is 2.15. The number of Topliss-reactive ketones (excluding diaryl/α,β-unsaturated/α-hetero) is 1. The fourth-order valence-corrected chi connectivity index (χ4v) is 1.73. The normalized spacial score (nSPS) is 11.2. The van der Waals surface area contributed by atoms with Crippen molar-refractivity contribution >= 4 is 17.4 Å². The molecular weight excluding hydrogens is 238 g/mol. The van der Waals surface area contributed by atoms with Gasteiger partial charge in [-0.15, -0.1) is 0 Å². The highest BCUT2D eigenvalue weighted by molar-refractivity contribution is 5.93. The predicted molar refractivity (Wildman–Crippen MR) is 78.4 cm³/mol. The average Bonchev–Trinajstić information content (AvgIpc) is 2.28. The van der Waals surface area contributed by atoms with E-state index in [0.29, 0.717) is 6.42 Å². The molecule has 0 spiro atoms. The summed E-state index contributed by atoms with van der Waals surface area (Å²) >= 11 is 0. The summed E-state index contributed by atoms with van der Waals surface area (Å²) in [4.78, 5) is 22.6. The zero-order chi connectivity index (χ0) is 14.6. The van der Waals surface area contributed by atoms with Gasteiger partial charge in [0.15, 0.2) is 0 Å². The smallest absolute Gasteiger partial charge is 0.224 e. The summed E-state index contributed by atoms with van der Waals surface area (Å²) in [6.07, 6.45) is 0.540. The number of hydrogen-bond acceptors (Lipinski definition) is 2. The third-order valence-corrected chi connectivity index (χ3v) is 3.08. The predicted octanol–water partition coefficient (Wildman–Crippen LogP) is 3.60. The maximum Gasteiger partial charge on any atom is 0.224 e. The Kier molecular flexibility index (Phi) is 4.87. The number of hydrogen-bond donors (Lipinski definition) is 1. The Labute approximate surface area is 115 Å². The quantitative estimate of drug-likeness (QED) is 0.900. The van der Waals surface area contributed by atoms with E-state index in [9.17, 15) is 9.59 Å². The van der Waals surface area contributed by atoms with Crippen molar-refractivity contribution in [3.63, 3.8) is 0 Å². The summed E-state index contributed by atoms with van der Waals surface area (Å²) in [6.45, 7) is 9.88. The van der Waals surface area contributed by atoms with Gasteiger partial charge in [0, 0.05) is 18.5 Å². The fourth-order valence-electron chi connectivity index (χ4n) is 1.73. The van der Waals surface area contributed by atoms with Gasteiger partial charge in [0.05, 0.1) is 0 Å². The standard InChI is InChI=1S/C16H23NO2/c1-11-6-8-13(16(3,4)5)10-14(11)17-15(19)9-7-12(2)18/h6,8,10H,7,9H2,1-5H3,(H,17,19). The second-order valence-electron chi connectivity index (χ2n) is 6.03. The molecule has 19 heavy (non-hydrogen) atoms. The molecule has 1 N–H and O–H groups in total. The molecular formula is C16H23NO2. The van der Waals surface area contributed by atoms with Gasteiger partial charge < -0.3 is 10.1 Å². The zero-order valence-corrected chi connectivity index (χ0v) is 12.5. The first-order valence-corrected chi connectivity index (χ1v) is 6.60. The summed E-state index contributed by atoms with van der Waals surface area (Å²) < 4.78 is 0. The van der Waals surface area contributed by atoms with Gasteiger partial charge in [-0.2, -0.15) is 0 Å². The molecule has 1 rings (SSSR count). The Morgan fingerprint density at radius 1 is 1.16 bits per heavy atom. The molecule has 1 aromatic carbocycles. The van der Waals surface area contributed by atoms with Crippen LogP contribution in [-0.2, 0) is 15.0 Å². The lowest BCUT2D eigenvalue weighted by Crippen LogP contribution is -2.16. The van der Waals surface area contributed by atoms with Crippen LogP contribution < -0.4 is 5.32 Å². The lowest BCUT2D eigenvalue weighted by Gasteiger charge is -2.21. The minimum absolute atomic E-state index is 0.0373. The summed E-state index contributed by atoms with van der Waals surface area (Å²) in [6, 6.07) is 6.11. The number of anilines is 1. The number of nitrogens with one attached hydrogen (secondary N) is 1. The van der Waals surface area contributed by atoms with E-state index < -0.39 is 0 Å². The van der Waals surface area contributed by atoms with Crippen LogP contribution in [0.25, 0.3) is 0 Å². The molecule has 0 aromatic heterocycles. The largest absolute Gasteiger partial charge is 0.326 e. The van der Waals surface area contributed by atoms with Crippen molar-refractivity contribution < 1.29 is 9.59 Å². The van der Waals surface area contributed by atoms with Gasteiger partial charge in [-0.1, -0.05) is 32.9 Å². The molecule has 0 radical (unpaired) electrons. The molecule has 0 unspecified atom stereocenters. The van der Waals surface area contributed by atoms with Crippen LogP contribution in [0, 0.1) is 6.92 Å². The minimum atomic E-state index is -0.107. The molecule has 3 nitrogen and oxygen atoms in total. The molecule has 0 heterocycles. The van der Waals surface area contributed by atoms with Crippen molar-refractivity contribution in [3.8, 4) is 0 Å². The van der Waals surface area contributed by atoms with Gasteiger partial charge >= 0.3 is 0 Å². The van der Waals surface area contributed by atoms with Gasteiger partial charge in [-0.3, -0.25) is 4.79 Å². The van der Waals surface area contributed by atoms with Crippen LogP contribution in [0.3, 0.4) is 0 Å². The number of carbonyl (C=O) groups is 2. The van der Waals surface area contributed by atoms with E-state index in [0.717, 1.165) is 11.3 Å². The highest BCUT2D eigenvalue weighted by Crippen LogP contribution is 2.27. The Bertz CT molecular complexity index is 484. The first kappa shape index (κ1) is 15.4. The Morgan fingerprint density at radius 3 is 2.32 bits per heavy atom. The van der Waals surface area contributed by atoms with E-state index in [-0.39, 0.29) is 23.5 Å². The van der Waals surface area contributed by atoms with Crippen LogP contribution in [-0.4, -0.2) is 11.7 Å². The Morgan fingerprint density at radius 2 is 1.79 bits per heavy atom. The van der Waals surface area contributed by atoms with E-state index in [4.69, 9.17) is 0 Å². The monoisotopic (exact) mass is 261 g/mol. The molecule has 0 bridgehead atoms. The van der Waals surface area contributed by atoms with Crippen LogP contribution >= 0.6 is 0 Å². The maximum absolute atomic E-state index is 11.8. The Hall–Kier alpha value is -1.64. The van der Waals surface area contributed by atoms with Crippen LogP contribution in [0.4, 0.5) is 5.69 Å². The highest BCUT2D eigenvalue weighted by atomic mass is 16.2. The number of benzene rings is 1. The second-order valence-corrected chi connectivity index (χ2v) is 6.03. The summed E-state index contributed by atoms with van der Waals surface area (Å²) in [5, 5.41) is 2.89. The molecule has 0 fully saturated rings. The van der Waals surface area contributed by atoms with Gasteiger partial charge in [-0.05, 0) is 36.5 Å². The van der Waals surface area contributed by atoms with Gasteiger partial charge in [0.1, 0.15) is 5.78 Å². The van der Waals surface area contributed by atoms with E-state index in [2.05, 4.69) is 32.2 Å². The molecule has 104 valence electrons. The van der Waals surface area contributed by atoms with Crippen LogP contribution in [0.1, 0.15) is 51.7 Å². The lowest BCUT2D eigenvalue weighted by atomic mass is 9.86. The summed E-state index contributed by atoms with van der Waals surface area (Å²) in [7, 11) is 0. The van der Waals surface area contributed by atoms with Crippen LogP contribution in [0.15, 0.2) is 18.2 Å². The van der Waals surface area contributed by atoms with Crippen LogP contribution in [0.2, 0.25) is 0 Å². The van der Waals surface area contributed by atoms with Crippen molar-refractivity contribution in [3.05, 3.63) is 29.3 Å². The SMILES string of the molecule is CC(=O)CCC(=O)Nc1cc(C(C)(C)C)ccc1C. The molecule has 0 aliphatic heterocycles. The molecule has 3 heteroatoms. The van der Waals surface area contributed by atoms with E-state index >= 15 is 0 Å². The topological polar surface area (TPSA) is 46.2 Å². The second kappa shape index (κ2) is 6.00. The maximum atomic E-state index is 11.8. The first-order valence-electron chi connectivity index (χ1n) is 6.60. The number of rotatable bonds is 4. The van der Waals surface area contributed by atoms with Crippen molar-refractivity contribution in [2.45, 2.75) is 52.9 Å². The average molecular weight is 261 g/mol. The lowest BCUT2D eigenvalue weighted by molar-refractivity contribution is -0.121. The van der Waals surface area contributed by atoms with Crippen molar-refractivity contribution in [2.24, 2.45) is 0 Å². The van der Waals surface area contributed by atoms with Crippen molar-refractivity contribution in [1.82, 2.24) is 0 Å². The van der Waals surface area contributed by atoms with E-state index in [1.807, 2.05) is 19.1 Å². The van der Waals surface area contributed by atoms with E-state index in [1.165, 1.54) is 12.5 Å². The van der Waals surface area contributed by atoms with Gasteiger partial charge in [0.25, 0.3) is 0 Å². The van der Waals surface area contributed by atoms with Gasteiger partial charge in [0.2, 0.25) is 5.91 Å².